The molecular formula is C15H19ClN2O. The zero-order valence-electron chi connectivity index (χ0n) is 11.7. The number of hydrogen-bond donors (Lipinski definition) is 1. The third kappa shape index (κ3) is 4.57. The lowest BCUT2D eigenvalue weighted by atomic mass is 9.80. The Balaban J connectivity index is 2.75. The first-order chi connectivity index (χ1) is 8.74. The normalized spacial score (nSPS) is 12.6. The summed E-state index contributed by atoms with van der Waals surface area (Å²) in [6, 6.07) is 6.84. The Hall–Kier alpha value is -1.53. The van der Waals surface area contributed by atoms with Crippen LogP contribution in [0.2, 0.25) is 5.02 Å². The van der Waals surface area contributed by atoms with Gasteiger partial charge in [0.15, 0.2) is 0 Å². The van der Waals surface area contributed by atoms with Crippen LogP contribution >= 0.6 is 11.6 Å². The fraction of sp³-hybridized carbons (Fsp3) is 0.467. The Morgan fingerprint density at radius 2 is 2.11 bits per heavy atom. The van der Waals surface area contributed by atoms with E-state index < -0.39 is 0 Å². The highest BCUT2D eigenvalue weighted by Crippen LogP contribution is 2.29. The minimum Gasteiger partial charge on any atom is -0.325 e. The van der Waals surface area contributed by atoms with Crippen LogP contribution in [0.3, 0.4) is 0 Å². The molecule has 102 valence electrons. The van der Waals surface area contributed by atoms with Crippen molar-refractivity contribution in [1.82, 2.24) is 0 Å². The number of halogens is 1. The standard InChI is InChI=1S/C15H19ClN2O/c1-10(15(2,3)4)7-14(19)18-13-8-11(9-17)5-6-12(13)16/h5-6,8,10H,7H2,1-4H3,(H,18,19). The minimum absolute atomic E-state index is 0.0790. The number of anilines is 1. The average Bonchev–Trinajstić information content (AvgIpc) is 2.30. The van der Waals surface area contributed by atoms with Crippen LogP contribution < -0.4 is 5.32 Å². The van der Waals surface area contributed by atoms with Gasteiger partial charge in [0, 0.05) is 6.42 Å². The quantitative estimate of drug-likeness (QED) is 0.900. The van der Waals surface area contributed by atoms with Crippen LogP contribution in [0.1, 0.15) is 39.7 Å². The van der Waals surface area contributed by atoms with Gasteiger partial charge in [0.05, 0.1) is 22.3 Å². The number of nitriles is 1. The van der Waals surface area contributed by atoms with Gasteiger partial charge in [-0.1, -0.05) is 39.3 Å². The summed E-state index contributed by atoms with van der Waals surface area (Å²) >= 11 is 6.00. The molecule has 1 N–H and O–H groups in total. The molecule has 0 aliphatic rings. The third-order valence-electron chi connectivity index (χ3n) is 3.34. The molecule has 1 rings (SSSR count). The first-order valence-electron chi connectivity index (χ1n) is 6.23. The summed E-state index contributed by atoms with van der Waals surface area (Å²) in [6.45, 7) is 8.36. The summed E-state index contributed by atoms with van der Waals surface area (Å²) in [5, 5.41) is 12.0. The van der Waals surface area contributed by atoms with Gasteiger partial charge in [-0.3, -0.25) is 4.79 Å². The summed E-state index contributed by atoms with van der Waals surface area (Å²) in [7, 11) is 0. The second kappa shape index (κ2) is 6.08. The number of carbonyl (C=O) groups is 1. The maximum Gasteiger partial charge on any atom is 0.224 e. The van der Waals surface area contributed by atoms with Gasteiger partial charge in [0.1, 0.15) is 0 Å². The SMILES string of the molecule is CC(CC(=O)Nc1cc(C#N)ccc1Cl)C(C)(C)C. The third-order valence-corrected chi connectivity index (χ3v) is 3.67. The second-order valence-electron chi connectivity index (χ2n) is 5.83. The smallest absolute Gasteiger partial charge is 0.224 e. The van der Waals surface area contributed by atoms with Gasteiger partial charge in [0.2, 0.25) is 5.91 Å². The van der Waals surface area contributed by atoms with Crippen molar-refractivity contribution in [3.05, 3.63) is 28.8 Å². The molecule has 0 aliphatic carbocycles. The zero-order valence-corrected chi connectivity index (χ0v) is 12.5. The van der Waals surface area contributed by atoms with Crippen LogP contribution in [0.5, 0.6) is 0 Å². The van der Waals surface area contributed by atoms with E-state index in [0.717, 1.165) is 0 Å². The summed E-state index contributed by atoms with van der Waals surface area (Å²) in [6.07, 6.45) is 0.427. The van der Waals surface area contributed by atoms with Crippen LogP contribution in [-0.2, 0) is 4.79 Å². The summed E-state index contributed by atoms with van der Waals surface area (Å²) in [4.78, 5) is 12.0. The Kier molecular flexibility index (Phi) is 4.97. The van der Waals surface area contributed by atoms with Crippen LogP contribution in [0.15, 0.2) is 18.2 Å². The molecule has 0 radical (unpaired) electrons. The van der Waals surface area contributed by atoms with Crippen molar-refractivity contribution in [2.24, 2.45) is 11.3 Å². The molecule has 0 aromatic heterocycles. The lowest BCUT2D eigenvalue weighted by Crippen LogP contribution is -2.24. The fourth-order valence-electron chi connectivity index (χ4n) is 1.48. The molecule has 4 heteroatoms. The molecule has 0 saturated carbocycles. The molecule has 3 nitrogen and oxygen atoms in total. The predicted octanol–water partition coefficient (Wildman–Crippen LogP) is 4.22. The maximum atomic E-state index is 12.0. The molecule has 0 bridgehead atoms. The molecular weight excluding hydrogens is 260 g/mol. The van der Waals surface area contributed by atoms with Gasteiger partial charge >= 0.3 is 0 Å². The number of rotatable bonds is 3. The van der Waals surface area contributed by atoms with E-state index >= 15 is 0 Å². The number of amides is 1. The molecule has 0 saturated heterocycles. The van der Waals surface area contributed by atoms with Gasteiger partial charge in [-0.25, -0.2) is 0 Å². The van der Waals surface area contributed by atoms with E-state index in [9.17, 15) is 4.79 Å². The van der Waals surface area contributed by atoms with E-state index in [2.05, 4.69) is 26.1 Å². The van der Waals surface area contributed by atoms with Gasteiger partial charge in [-0.05, 0) is 29.5 Å². The number of nitrogens with one attached hydrogen (secondary N) is 1. The van der Waals surface area contributed by atoms with Gasteiger partial charge < -0.3 is 5.32 Å². The molecule has 0 fully saturated rings. The van der Waals surface area contributed by atoms with Crippen molar-refractivity contribution >= 4 is 23.2 Å². The van der Waals surface area contributed by atoms with Gasteiger partial charge in [-0.15, -0.1) is 0 Å². The molecule has 1 unspecified atom stereocenters. The van der Waals surface area contributed by atoms with Crippen LogP contribution in [-0.4, -0.2) is 5.91 Å². The highest BCUT2D eigenvalue weighted by molar-refractivity contribution is 6.33. The topological polar surface area (TPSA) is 52.9 Å². The Morgan fingerprint density at radius 3 is 2.63 bits per heavy atom. The Morgan fingerprint density at radius 1 is 1.47 bits per heavy atom. The largest absolute Gasteiger partial charge is 0.325 e. The van der Waals surface area contributed by atoms with Crippen LogP contribution in [0.25, 0.3) is 0 Å². The van der Waals surface area contributed by atoms with E-state index in [1.165, 1.54) is 0 Å². The molecule has 0 aliphatic heterocycles. The molecule has 0 heterocycles. The molecule has 0 spiro atoms. The Labute approximate surface area is 119 Å². The lowest BCUT2D eigenvalue weighted by molar-refractivity contribution is -0.117. The van der Waals surface area contributed by atoms with Gasteiger partial charge in [-0.2, -0.15) is 5.26 Å². The summed E-state index contributed by atoms with van der Waals surface area (Å²) < 4.78 is 0. The number of hydrogen-bond acceptors (Lipinski definition) is 2. The van der Waals surface area contributed by atoms with E-state index in [0.29, 0.717) is 22.7 Å². The first-order valence-corrected chi connectivity index (χ1v) is 6.61. The van der Waals surface area contributed by atoms with Crippen molar-refractivity contribution in [2.75, 3.05) is 5.32 Å². The fourth-order valence-corrected chi connectivity index (χ4v) is 1.64. The van der Waals surface area contributed by atoms with Crippen molar-refractivity contribution in [3.63, 3.8) is 0 Å². The number of benzene rings is 1. The molecule has 1 aromatic carbocycles. The summed E-state index contributed by atoms with van der Waals surface area (Å²) in [5.41, 5.74) is 1.05. The Bertz CT molecular complexity index is 512. The second-order valence-corrected chi connectivity index (χ2v) is 6.23. The minimum atomic E-state index is -0.0839. The van der Waals surface area contributed by atoms with Crippen LogP contribution in [0, 0.1) is 22.7 Å². The predicted molar refractivity (Wildman–Crippen MR) is 78.0 cm³/mol. The summed E-state index contributed by atoms with van der Waals surface area (Å²) in [5.74, 6) is 0.171. The highest BCUT2D eigenvalue weighted by atomic mass is 35.5. The van der Waals surface area contributed by atoms with Crippen molar-refractivity contribution in [3.8, 4) is 6.07 Å². The van der Waals surface area contributed by atoms with Crippen molar-refractivity contribution in [1.29, 1.82) is 5.26 Å². The molecule has 1 aromatic rings. The van der Waals surface area contributed by atoms with Crippen molar-refractivity contribution < 1.29 is 4.79 Å². The maximum absolute atomic E-state index is 12.0. The monoisotopic (exact) mass is 278 g/mol. The molecule has 19 heavy (non-hydrogen) atoms. The average molecular weight is 279 g/mol. The van der Waals surface area contributed by atoms with E-state index in [4.69, 9.17) is 16.9 Å². The lowest BCUT2D eigenvalue weighted by Gasteiger charge is -2.26. The first kappa shape index (κ1) is 15.5. The van der Waals surface area contributed by atoms with Crippen molar-refractivity contribution in [2.45, 2.75) is 34.1 Å². The van der Waals surface area contributed by atoms with E-state index in [1.54, 1.807) is 18.2 Å². The highest BCUT2D eigenvalue weighted by Gasteiger charge is 2.22. The number of nitrogens with zero attached hydrogens (tertiary/aromatic N) is 1. The van der Waals surface area contributed by atoms with Crippen LogP contribution in [0.4, 0.5) is 5.69 Å². The van der Waals surface area contributed by atoms with Gasteiger partial charge in [0.25, 0.3) is 0 Å². The van der Waals surface area contributed by atoms with E-state index in [-0.39, 0.29) is 17.2 Å². The number of carbonyl (C=O) groups excluding carboxylic acids is 1. The molecule has 1 atom stereocenters. The zero-order chi connectivity index (χ0) is 14.6. The van der Waals surface area contributed by atoms with E-state index in [1.807, 2.05) is 13.0 Å². The molecule has 1 amide bonds.